The normalized spacial score (nSPS) is 13.1. The van der Waals surface area contributed by atoms with Crippen molar-refractivity contribution < 1.29 is 4.79 Å². The summed E-state index contributed by atoms with van der Waals surface area (Å²) in [6.45, 7) is 5.57. The zero-order chi connectivity index (χ0) is 13.9. The number of carbonyl (C=O) groups is 1. The summed E-state index contributed by atoms with van der Waals surface area (Å²) in [4.78, 5) is 15.6. The Morgan fingerprint density at radius 3 is 2.67 bits per heavy atom. The molecule has 1 amide bonds. The number of hydrogen-bond acceptors (Lipinski definition) is 3. The van der Waals surface area contributed by atoms with Gasteiger partial charge in [-0.2, -0.15) is 0 Å². The highest BCUT2D eigenvalue weighted by Gasteiger charge is 2.35. The molecular weight excluding hydrogens is 264 g/mol. The minimum atomic E-state index is -0.784. The van der Waals surface area contributed by atoms with E-state index in [4.69, 9.17) is 18.0 Å². The van der Waals surface area contributed by atoms with Gasteiger partial charge in [0.1, 0.15) is 0 Å². The van der Waals surface area contributed by atoms with E-state index in [2.05, 4.69) is 6.07 Å². The predicted octanol–water partition coefficient (Wildman–Crippen LogP) is 2.45. The van der Waals surface area contributed by atoms with Gasteiger partial charge in [0.05, 0.1) is 10.4 Å². The fraction of sp³-hybridized carbons (Fsp3) is 0.538. The lowest BCUT2D eigenvalue weighted by Gasteiger charge is -2.32. The lowest BCUT2D eigenvalue weighted by Crippen LogP contribution is -2.49. The minimum Gasteiger partial charge on any atom is -0.392 e. The molecule has 0 aliphatic carbocycles. The van der Waals surface area contributed by atoms with E-state index >= 15 is 0 Å². The lowest BCUT2D eigenvalue weighted by atomic mass is 9.91. The third kappa shape index (κ3) is 3.29. The number of hydrogen-bond donors (Lipinski definition) is 1. The van der Waals surface area contributed by atoms with Gasteiger partial charge in [0.15, 0.2) is 0 Å². The summed E-state index contributed by atoms with van der Waals surface area (Å²) < 4.78 is 0. The highest BCUT2D eigenvalue weighted by molar-refractivity contribution is 7.80. The molecule has 1 aromatic heterocycles. The molecule has 2 N–H and O–H groups in total. The molecular formula is C13H20N2OS2. The van der Waals surface area contributed by atoms with Crippen LogP contribution in [0.15, 0.2) is 17.5 Å². The summed E-state index contributed by atoms with van der Waals surface area (Å²) in [6.07, 6.45) is 0.854. The van der Waals surface area contributed by atoms with Crippen molar-refractivity contribution >= 4 is 34.5 Å². The molecule has 0 spiro atoms. The Morgan fingerprint density at radius 1 is 1.61 bits per heavy atom. The largest absolute Gasteiger partial charge is 0.392 e. The van der Waals surface area contributed by atoms with Crippen LogP contribution in [0.2, 0.25) is 0 Å². The molecule has 100 valence electrons. The van der Waals surface area contributed by atoms with Gasteiger partial charge in [0.2, 0.25) is 5.91 Å². The van der Waals surface area contributed by atoms with Gasteiger partial charge in [-0.25, -0.2) is 0 Å². The number of nitrogens with zero attached hydrogens (tertiary/aromatic N) is 1. The fourth-order valence-corrected chi connectivity index (χ4v) is 2.52. The van der Waals surface area contributed by atoms with Crippen LogP contribution in [-0.2, 0) is 11.2 Å². The van der Waals surface area contributed by atoms with Gasteiger partial charge in [-0.3, -0.25) is 4.79 Å². The minimum absolute atomic E-state index is 0.0287. The third-order valence-corrected chi connectivity index (χ3v) is 4.62. The van der Waals surface area contributed by atoms with Gasteiger partial charge in [-0.05, 0) is 32.2 Å². The first kappa shape index (κ1) is 15.1. The van der Waals surface area contributed by atoms with Crippen molar-refractivity contribution in [2.24, 2.45) is 11.1 Å². The van der Waals surface area contributed by atoms with Crippen molar-refractivity contribution in [1.82, 2.24) is 4.90 Å². The van der Waals surface area contributed by atoms with Crippen molar-refractivity contribution in [2.45, 2.75) is 33.2 Å². The van der Waals surface area contributed by atoms with Crippen LogP contribution in [-0.4, -0.2) is 28.9 Å². The summed E-state index contributed by atoms with van der Waals surface area (Å²) in [5, 5.41) is 2.04. The Bertz CT molecular complexity index is 426. The third-order valence-electron chi connectivity index (χ3n) is 3.21. The molecule has 1 rings (SSSR count). The van der Waals surface area contributed by atoms with E-state index in [-0.39, 0.29) is 16.9 Å². The SMILES string of the molecule is CC(Cc1cccs1)N(C)C(=O)C(C)(C)C(N)=S. The fourth-order valence-electron chi connectivity index (χ4n) is 1.60. The van der Waals surface area contributed by atoms with Crippen LogP contribution >= 0.6 is 23.6 Å². The van der Waals surface area contributed by atoms with Crippen LogP contribution in [0.25, 0.3) is 0 Å². The summed E-state index contributed by atoms with van der Waals surface area (Å²) in [5.74, 6) is -0.0287. The summed E-state index contributed by atoms with van der Waals surface area (Å²) in [6, 6.07) is 4.23. The van der Waals surface area contributed by atoms with E-state index in [0.717, 1.165) is 6.42 Å². The van der Waals surface area contributed by atoms with Gasteiger partial charge in [0, 0.05) is 24.4 Å². The molecule has 1 heterocycles. The number of thiocarbonyl (C=S) groups is 1. The lowest BCUT2D eigenvalue weighted by molar-refractivity contribution is -0.137. The Labute approximate surface area is 118 Å². The Kier molecular flexibility index (Phi) is 4.87. The molecule has 1 atom stereocenters. The molecule has 0 saturated heterocycles. The molecule has 0 bridgehead atoms. The van der Waals surface area contributed by atoms with E-state index in [9.17, 15) is 4.79 Å². The number of rotatable bonds is 5. The van der Waals surface area contributed by atoms with Crippen LogP contribution in [0.3, 0.4) is 0 Å². The van der Waals surface area contributed by atoms with E-state index in [1.807, 2.05) is 18.4 Å². The van der Waals surface area contributed by atoms with Gasteiger partial charge in [0.25, 0.3) is 0 Å². The van der Waals surface area contributed by atoms with Crippen LogP contribution < -0.4 is 5.73 Å². The Balaban J connectivity index is 2.72. The molecule has 1 aromatic rings. The number of amides is 1. The molecule has 3 nitrogen and oxygen atoms in total. The number of likely N-dealkylation sites (N-methyl/N-ethyl adjacent to an activating group) is 1. The molecule has 5 heteroatoms. The van der Waals surface area contributed by atoms with Gasteiger partial charge in [-0.1, -0.05) is 18.3 Å². The quantitative estimate of drug-likeness (QED) is 0.845. The average Bonchev–Trinajstić information content (AvgIpc) is 2.79. The highest BCUT2D eigenvalue weighted by Crippen LogP contribution is 2.21. The monoisotopic (exact) mass is 284 g/mol. The molecule has 0 aliphatic rings. The summed E-state index contributed by atoms with van der Waals surface area (Å²) >= 11 is 6.67. The first-order valence-electron chi connectivity index (χ1n) is 5.86. The number of thiophene rings is 1. The summed E-state index contributed by atoms with van der Waals surface area (Å²) in [7, 11) is 1.81. The number of carbonyl (C=O) groups excluding carboxylic acids is 1. The van der Waals surface area contributed by atoms with Crippen molar-refractivity contribution in [2.75, 3.05) is 7.05 Å². The first-order chi connectivity index (χ1) is 8.26. The second-order valence-electron chi connectivity index (χ2n) is 5.04. The molecule has 1 unspecified atom stereocenters. The van der Waals surface area contributed by atoms with Crippen LogP contribution in [0.4, 0.5) is 0 Å². The van der Waals surface area contributed by atoms with E-state index in [1.54, 1.807) is 37.1 Å². The second kappa shape index (κ2) is 5.80. The molecule has 0 saturated carbocycles. The molecule has 0 aromatic carbocycles. The van der Waals surface area contributed by atoms with Crippen LogP contribution in [0, 0.1) is 5.41 Å². The van der Waals surface area contributed by atoms with Crippen LogP contribution in [0.5, 0.6) is 0 Å². The Hall–Kier alpha value is -0.940. The van der Waals surface area contributed by atoms with Crippen molar-refractivity contribution in [3.05, 3.63) is 22.4 Å². The predicted molar refractivity (Wildman–Crippen MR) is 80.8 cm³/mol. The number of nitrogens with two attached hydrogens (primary N) is 1. The zero-order valence-electron chi connectivity index (χ0n) is 11.3. The van der Waals surface area contributed by atoms with Gasteiger partial charge in [-0.15, -0.1) is 11.3 Å². The van der Waals surface area contributed by atoms with E-state index in [1.165, 1.54) is 4.88 Å². The van der Waals surface area contributed by atoms with Crippen molar-refractivity contribution in [3.8, 4) is 0 Å². The first-order valence-corrected chi connectivity index (χ1v) is 7.15. The highest BCUT2D eigenvalue weighted by atomic mass is 32.1. The second-order valence-corrected chi connectivity index (χ2v) is 6.51. The average molecular weight is 284 g/mol. The maximum atomic E-state index is 12.3. The molecule has 18 heavy (non-hydrogen) atoms. The van der Waals surface area contributed by atoms with E-state index in [0.29, 0.717) is 0 Å². The van der Waals surface area contributed by atoms with Crippen molar-refractivity contribution in [1.29, 1.82) is 0 Å². The topological polar surface area (TPSA) is 46.3 Å². The zero-order valence-corrected chi connectivity index (χ0v) is 12.9. The summed E-state index contributed by atoms with van der Waals surface area (Å²) in [5.41, 5.74) is 4.85. The standard InChI is InChI=1S/C13H20N2OS2/c1-9(8-10-6-5-7-18-10)15(4)12(16)13(2,3)11(14)17/h5-7,9H,8H2,1-4H3,(H2,14,17). The smallest absolute Gasteiger partial charge is 0.235 e. The molecule has 0 fully saturated rings. The van der Waals surface area contributed by atoms with E-state index < -0.39 is 5.41 Å². The van der Waals surface area contributed by atoms with Gasteiger partial charge >= 0.3 is 0 Å². The maximum absolute atomic E-state index is 12.3. The van der Waals surface area contributed by atoms with Crippen LogP contribution in [0.1, 0.15) is 25.6 Å². The maximum Gasteiger partial charge on any atom is 0.235 e. The molecule has 0 radical (unpaired) electrons. The van der Waals surface area contributed by atoms with Crippen molar-refractivity contribution in [3.63, 3.8) is 0 Å². The Morgan fingerprint density at radius 2 is 2.22 bits per heavy atom. The van der Waals surface area contributed by atoms with Gasteiger partial charge < -0.3 is 10.6 Å². The molecule has 0 aliphatic heterocycles.